The fourth-order valence-corrected chi connectivity index (χ4v) is 3.49. The van der Waals surface area contributed by atoms with Crippen LogP contribution in [0.2, 0.25) is 5.02 Å². The maximum Gasteiger partial charge on any atom is 0.303 e. The molecule has 5 nitrogen and oxygen atoms in total. The second-order valence-electron chi connectivity index (χ2n) is 4.53. The summed E-state index contributed by atoms with van der Waals surface area (Å²) in [6, 6.07) is 6.65. The van der Waals surface area contributed by atoms with E-state index in [-0.39, 0.29) is 18.6 Å². The average Bonchev–Trinajstić information content (AvgIpc) is 2.37. The Balaban J connectivity index is 2.80. The molecule has 0 spiro atoms. The Kier molecular flexibility index (Phi) is 5.98. The number of carbonyl (C=O) groups is 1. The van der Waals surface area contributed by atoms with Gasteiger partial charge in [0.25, 0.3) is 0 Å². The number of halogens is 1. The van der Waals surface area contributed by atoms with Crippen LogP contribution in [0.5, 0.6) is 0 Å². The van der Waals surface area contributed by atoms with E-state index in [9.17, 15) is 13.2 Å². The van der Waals surface area contributed by atoms with Crippen molar-refractivity contribution in [3.8, 4) is 0 Å². The monoisotopic (exact) mass is 319 g/mol. The topological polar surface area (TPSA) is 74.7 Å². The lowest BCUT2D eigenvalue weighted by molar-refractivity contribution is -0.137. The minimum atomic E-state index is -3.51. The van der Waals surface area contributed by atoms with Crippen molar-refractivity contribution in [1.82, 2.24) is 4.31 Å². The van der Waals surface area contributed by atoms with Gasteiger partial charge in [-0.1, -0.05) is 29.8 Å². The largest absolute Gasteiger partial charge is 0.481 e. The van der Waals surface area contributed by atoms with Crippen molar-refractivity contribution >= 4 is 27.6 Å². The van der Waals surface area contributed by atoms with E-state index < -0.39 is 22.0 Å². The highest BCUT2D eigenvalue weighted by Gasteiger charge is 2.25. The van der Waals surface area contributed by atoms with E-state index in [0.717, 1.165) is 5.56 Å². The lowest BCUT2D eigenvalue weighted by atomic mass is 10.1. The molecule has 0 radical (unpaired) electrons. The van der Waals surface area contributed by atoms with Crippen LogP contribution in [-0.4, -0.2) is 36.6 Å². The van der Waals surface area contributed by atoms with Crippen LogP contribution in [0.25, 0.3) is 0 Å². The molecular weight excluding hydrogens is 302 g/mol. The highest BCUT2D eigenvalue weighted by Crippen LogP contribution is 2.28. The van der Waals surface area contributed by atoms with Crippen LogP contribution >= 0.6 is 11.6 Å². The highest BCUT2D eigenvalue weighted by atomic mass is 35.5. The lowest BCUT2D eigenvalue weighted by Gasteiger charge is -2.25. The molecule has 0 aromatic heterocycles. The van der Waals surface area contributed by atoms with Crippen LogP contribution in [0.4, 0.5) is 0 Å². The summed E-state index contributed by atoms with van der Waals surface area (Å²) in [6.45, 7) is 1.75. The van der Waals surface area contributed by atoms with Crippen molar-refractivity contribution in [1.29, 1.82) is 0 Å². The summed E-state index contributed by atoms with van der Waals surface area (Å²) in [5.41, 5.74) is 0.721. The maximum absolute atomic E-state index is 12.1. The molecule has 1 atom stereocenters. The molecule has 0 heterocycles. The molecule has 0 saturated carbocycles. The summed E-state index contributed by atoms with van der Waals surface area (Å²) in [4.78, 5) is 10.4. The Morgan fingerprint density at radius 2 is 2.00 bits per heavy atom. The van der Waals surface area contributed by atoms with Gasteiger partial charge < -0.3 is 5.11 Å². The van der Waals surface area contributed by atoms with Gasteiger partial charge in [-0.25, -0.2) is 8.42 Å². The zero-order valence-corrected chi connectivity index (χ0v) is 13.0. The van der Waals surface area contributed by atoms with Gasteiger partial charge in [0.15, 0.2) is 0 Å². The molecule has 0 aliphatic heterocycles. The first-order valence-electron chi connectivity index (χ1n) is 6.17. The second kappa shape index (κ2) is 7.06. The zero-order chi connectivity index (χ0) is 15.3. The third-order valence-corrected chi connectivity index (χ3v) is 5.47. The molecule has 1 aromatic rings. The summed E-state index contributed by atoms with van der Waals surface area (Å²) in [6.07, 6.45) is -0.0647. The predicted molar refractivity (Wildman–Crippen MR) is 78.3 cm³/mol. The standard InChI is InChI=1S/C13H18ClNO4S/c1-10(11-6-3-4-7-12(11)14)15(2)20(18,19)9-5-8-13(16)17/h3-4,6-7,10H,5,8-9H2,1-2H3,(H,16,17). The Hall–Kier alpha value is -1.11. The van der Waals surface area contributed by atoms with Crippen LogP contribution in [0.15, 0.2) is 24.3 Å². The van der Waals surface area contributed by atoms with Gasteiger partial charge in [-0.15, -0.1) is 0 Å². The second-order valence-corrected chi connectivity index (χ2v) is 7.08. The Morgan fingerprint density at radius 1 is 1.40 bits per heavy atom. The number of rotatable bonds is 7. The molecule has 0 aliphatic rings. The molecule has 1 rings (SSSR count). The number of nitrogens with zero attached hydrogens (tertiary/aromatic N) is 1. The number of benzene rings is 1. The van der Waals surface area contributed by atoms with Crippen LogP contribution in [-0.2, 0) is 14.8 Å². The first kappa shape index (κ1) is 16.9. The van der Waals surface area contributed by atoms with Gasteiger partial charge in [-0.3, -0.25) is 4.79 Å². The van der Waals surface area contributed by atoms with E-state index in [1.807, 2.05) is 0 Å². The van der Waals surface area contributed by atoms with E-state index in [1.54, 1.807) is 31.2 Å². The molecule has 112 valence electrons. The van der Waals surface area contributed by atoms with E-state index in [1.165, 1.54) is 11.4 Å². The van der Waals surface area contributed by atoms with E-state index in [2.05, 4.69) is 0 Å². The third kappa shape index (κ3) is 4.47. The van der Waals surface area contributed by atoms with Gasteiger partial charge in [-0.2, -0.15) is 4.31 Å². The van der Waals surface area contributed by atoms with Crippen molar-refractivity contribution in [2.45, 2.75) is 25.8 Å². The quantitative estimate of drug-likeness (QED) is 0.838. The molecule has 7 heteroatoms. The van der Waals surface area contributed by atoms with Crippen LogP contribution < -0.4 is 0 Å². The number of sulfonamides is 1. The molecule has 1 unspecified atom stereocenters. The van der Waals surface area contributed by atoms with Crippen LogP contribution in [0.1, 0.15) is 31.4 Å². The van der Waals surface area contributed by atoms with Gasteiger partial charge in [0.05, 0.1) is 5.75 Å². The molecular formula is C13H18ClNO4S. The molecule has 20 heavy (non-hydrogen) atoms. The van der Waals surface area contributed by atoms with E-state index >= 15 is 0 Å². The van der Waals surface area contributed by atoms with Gasteiger partial charge in [0.2, 0.25) is 10.0 Å². The first-order chi connectivity index (χ1) is 9.25. The van der Waals surface area contributed by atoms with E-state index in [4.69, 9.17) is 16.7 Å². The van der Waals surface area contributed by atoms with Crippen LogP contribution in [0, 0.1) is 0 Å². The first-order valence-corrected chi connectivity index (χ1v) is 8.16. The number of carboxylic acids is 1. The molecule has 0 amide bonds. The predicted octanol–water partition coefficient (Wildman–Crippen LogP) is 2.53. The SMILES string of the molecule is CC(c1ccccc1Cl)N(C)S(=O)(=O)CCCC(=O)O. The van der Waals surface area contributed by atoms with Crippen molar-refractivity contribution in [3.63, 3.8) is 0 Å². The zero-order valence-electron chi connectivity index (χ0n) is 11.4. The van der Waals surface area contributed by atoms with Gasteiger partial charge >= 0.3 is 5.97 Å². The van der Waals surface area contributed by atoms with Crippen molar-refractivity contribution in [2.75, 3.05) is 12.8 Å². The minimum absolute atomic E-state index is 0.0945. The van der Waals surface area contributed by atoms with Gasteiger partial charge in [-0.05, 0) is 25.0 Å². The lowest BCUT2D eigenvalue weighted by Crippen LogP contribution is -2.32. The molecule has 1 aromatic carbocycles. The summed E-state index contributed by atoms with van der Waals surface area (Å²) in [5.74, 6) is -1.19. The third-order valence-electron chi connectivity index (χ3n) is 3.13. The maximum atomic E-state index is 12.1. The molecule has 0 aliphatic carbocycles. The normalized spacial score (nSPS) is 13.4. The Bertz CT molecular complexity index is 573. The van der Waals surface area contributed by atoms with Gasteiger partial charge in [0, 0.05) is 24.5 Å². The summed E-state index contributed by atoms with van der Waals surface area (Å²) >= 11 is 6.06. The summed E-state index contributed by atoms with van der Waals surface area (Å²) in [7, 11) is -2.03. The number of aliphatic carboxylic acids is 1. The summed E-state index contributed by atoms with van der Waals surface area (Å²) < 4.78 is 25.5. The van der Waals surface area contributed by atoms with Crippen molar-refractivity contribution in [3.05, 3.63) is 34.9 Å². The molecule has 0 saturated heterocycles. The van der Waals surface area contributed by atoms with Gasteiger partial charge in [0.1, 0.15) is 0 Å². The van der Waals surface area contributed by atoms with Crippen molar-refractivity contribution in [2.24, 2.45) is 0 Å². The Morgan fingerprint density at radius 3 is 2.55 bits per heavy atom. The highest BCUT2D eigenvalue weighted by molar-refractivity contribution is 7.89. The molecule has 0 bridgehead atoms. The average molecular weight is 320 g/mol. The number of hydrogen-bond donors (Lipinski definition) is 1. The van der Waals surface area contributed by atoms with E-state index in [0.29, 0.717) is 5.02 Å². The number of hydrogen-bond acceptors (Lipinski definition) is 3. The fraction of sp³-hybridized carbons (Fsp3) is 0.462. The minimum Gasteiger partial charge on any atom is -0.481 e. The smallest absolute Gasteiger partial charge is 0.303 e. The summed E-state index contributed by atoms with van der Waals surface area (Å²) in [5, 5.41) is 9.05. The molecule has 1 N–H and O–H groups in total. The van der Waals surface area contributed by atoms with Crippen LogP contribution in [0.3, 0.4) is 0 Å². The molecule has 0 fully saturated rings. The van der Waals surface area contributed by atoms with Crippen molar-refractivity contribution < 1.29 is 18.3 Å². The Labute approximate surface area is 124 Å². The fourth-order valence-electron chi connectivity index (χ4n) is 1.80. The number of carboxylic acid groups (broad SMARTS) is 1.